The highest BCUT2D eigenvalue weighted by atomic mass is 32.2. The molecule has 26 heavy (non-hydrogen) atoms. The van der Waals surface area contributed by atoms with Gasteiger partial charge in [-0.3, -0.25) is 0 Å². The molecule has 3 rings (SSSR count). The number of nitrogens with zero attached hydrogens (tertiary/aromatic N) is 2. The van der Waals surface area contributed by atoms with Crippen molar-refractivity contribution in [2.75, 3.05) is 12.4 Å². The molecular weight excluding hydrogens is 350 g/mol. The Kier molecular flexibility index (Phi) is 5.08. The van der Waals surface area contributed by atoms with Crippen molar-refractivity contribution in [2.45, 2.75) is 30.7 Å². The van der Waals surface area contributed by atoms with Crippen molar-refractivity contribution in [3.63, 3.8) is 0 Å². The minimum absolute atomic E-state index is 0.0268. The van der Waals surface area contributed by atoms with Crippen molar-refractivity contribution in [3.05, 3.63) is 54.1 Å². The molecule has 0 bridgehead atoms. The first-order valence-electron chi connectivity index (χ1n) is 8.30. The van der Waals surface area contributed by atoms with Gasteiger partial charge in [0.1, 0.15) is 5.75 Å². The summed E-state index contributed by atoms with van der Waals surface area (Å²) in [5.41, 5.74) is 2.09. The molecule has 1 N–H and O–H groups in total. The fraction of sp³-hybridized carbons (Fsp3) is 0.263. The van der Waals surface area contributed by atoms with Crippen molar-refractivity contribution in [1.82, 2.24) is 9.97 Å². The summed E-state index contributed by atoms with van der Waals surface area (Å²) in [6.07, 6.45) is 0. The second kappa shape index (κ2) is 7.29. The first-order chi connectivity index (χ1) is 12.4. The Morgan fingerprint density at radius 3 is 2.27 bits per heavy atom. The Balaban J connectivity index is 2.06. The Morgan fingerprint density at radius 1 is 1.00 bits per heavy atom. The number of sulfone groups is 1. The Labute approximate surface area is 153 Å². The van der Waals surface area contributed by atoms with Gasteiger partial charge >= 0.3 is 0 Å². The summed E-state index contributed by atoms with van der Waals surface area (Å²) in [5.74, 6) is 0.977. The van der Waals surface area contributed by atoms with Crippen LogP contribution in [0, 0.1) is 0 Å². The van der Waals surface area contributed by atoms with Crippen LogP contribution in [0.4, 0.5) is 5.82 Å². The number of hydrogen-bond donors (Lipinski definition) is 1. The standard InChI is InChI=1S/C19H21N3O3S/c1-13(2)26(23,24)19-18(21-15-9-5-6-10-16(15)22-19)20-12-14-8-4-7-11-17(14)25-3/h4-11,13H,12H2,1-3H3,(H,20,21). The molecule has 0 saturated carbocycles. The van der Waals surface area contributed by atoms with Crippen molar-refractivity contribution < 1.29 is 13.2 Å². The van der Waals surface area contributed by atoms with E-state index in [-0.39, 0.29) is 10.8 Å². The molecule has 0 atom stereocenters. The lowest BCUT2D eigenvalue weighted by molar-refractivity contribution is 0.410. The van der Waals surface area contributed by atoms with E-state index in [0.29, 0.717) is 17.6 Å². The van der Waals surface area contributed by atoms with Gasteiger partial charge in [0, 0.05) is 12.1 Å². The Hall–Kier alpha value is -2.67. The van der Waals surface area contributed by atoms with Crippen LogP contribution in [0.15, 0.2) is 53.6 Å². The van der Waals surface area contributed by atoms with Crippen LogP contribution in [-0.2, 0) is 16.4 Å². The number of fused-ring (bicyclic) bond motifs is 1. The van der Waals surface area contributed by atoms with E-state index in [1.807, 2.05) is 42.5 Å². The zero-order valence-electron chi connectivity index (χ0n) is 14.9. The average molecular weight is 371 g/mol. The number of aromatic nitrogens is 2. The van der Waals surface area contributed by atoms with Gasteiger partial charge in [-0.05, 0) is 32.0 Å². The van der Waals surface area contributed by atoms with E-state index < -0.39 is 15.1 Å². The lowest BCUT2D eigenvalue weighted by Crippen LogP contribution is -2.19. The molecule has 0 aliphatic rings. The SMILES string of the molecule is COc1ccccc1CNc1nc2ccccc2nc1S(=O)(=O)C(C)C. The van der Waals surface area contributed by atoms with Crippen LogP contribution >= 0.6 is 0 Å². The normalized spacial score (nSPS) is 11.7. The molecule has 0 spiro atoms. The van der Waals surface area contributed by atoms with Gasteiger partial charge in [-0.2, -0.15) is 0 Å². The average Bonchev–Trinajstić information content (AvgIpc) is 2.65. The first-order valence-corrected chi connectivity index (χ1v) is 9.84. The number of ether oxygens (including phenoxy) is 1. The highest BCUT2D eigenvalue weighted by Gasteiger charge is 2.26. The molecule has 0 aliphatic heterocycles. The minimum Gasteiger partial charge on any atom is -0.496 e. The summed E-state index contributed by atoms with van der Waals surface area (Å²) in [5, 5.41) is 2.51. The zero-order chi connectivity index (χ0) is 18.7. The molecule has 0 amide bonds. The van der Waals surface area contributed by atoms with Crippen LogP contribution < -0.4 is 10.1 Å². The molecule has 0 saturated heterocycles. The minimum atomic E-state index is -3.59. The molecule has 7 heteroatoms. The monoisotopic (exact) mass is 371 g/mol. The van der Waals surface area contributed by atoms with E-state index in [4.69, 9.17) is 4.74 Å². The van der Waals surface area contributed by atoms with E-state index in [9.17, 15) is 8.42 Å². The van der Waals surface area contributed by atoms with E-state index in [1.54, 1.807) is 27.0 Å². The number of para-hydroxylation sites is 3. The van der Waals surface area contributed by atoms with Crippen LogP contribution in [-0.4, -0.2) is 30.7 Å². The third-order valence-electron chi connectivity index (χ3n) is 4.07. The molecule has 0 unspecified atom stereocenters. The van der Waals surface area contributed by atoms with E-state index >= 15 is 0 Å². The van der Waals surface area contributed by atoms with Gasteiger partial charge in [-0.1, -0.05) is 30.3 Å². The predicted molar refractivity (Wildman–Crippen MR) is 102 cm³/mol. The Morgan fingerprint density at radius 2 is 1.62 bits per heavy atom. The third kappa shape index (κ3) is 3.48. The van der Waals surface area contributed by atoms with E-state index in [1.165, 1.54) is 0 Å². The molecule has 136 valence electrons. The van der Waals surface area contributed by atoms with Crippen molar-refractivity contribution in [3.8, 4) is 5.75 Å². The van der Waals surface area contributed by atoms with Gasteiger partial charge in [0.15, 0.2) is 10.8 Å². The van der Waals surface area contributed by atoms with E-state index in [2.05, 4.69) is 15.3 Å². The zero-order valence-corrected chi connectivity index (χ0v) is 15.7. The summed E-state index contributed by atoms with van der Waals surface area (Å²) in [6.45, 7) is 3.64. The van der Waals surface area contributed by atoms with Crippen molar-refractivity contribution >= 4 is 26.7 Å². The molecule has 6 nitrogen and oxygen atoms in total. The molecule has 1 aromatic heterocycles. The highest BCUT2D eigenvalue weighted by molar-refractivity contribution is 7.92. The molecule has 0 aliphatic carbocycles. The van der Waals surface area contributed by atoms with Crippen LogP contribution in [0.1, 0.15) is 19.4 Å². The molecule has 0 fully saturated rings. The number of rotatable bonds is 6. The third-order valence-corrected chi connectivity index (χ3v) is 6.13. The lowest BCUT2D eigenvalue weighted by Gasteiger charge is -2.15. The largest absolute Gasteiger partial charge is 0.496 e. The quantitative estimate of drug-likeness (QED) is 0.715. The smallest absolute Gasteiger partial charge is 0.201 e. The van der Waals surface area contributed by atoms with Gasteiger partial charge in [-0.25, -0.2) is 18.4 Å². The van der Waals surface area contributed by atoms with Gasteiger partial charge in [-0.15, -0.1) is 0 Å². The lowest BCUT2D eigenvalue weighted by atomic mass is 10.2. The van der Waals surface area contributed by atoms with Crippen molar-refractivity contribution in [1.29, 1.82) is 0 Å². The second-order valence-electron chi connectivity index (χ2n) is 6.13. The van der Waals surface area contributed by atoms with Crippen LogP contribution in [0.5, 0.6) is 5.75 Å². The second-order valence-corrected chi connectivity index (χ2v) is 8.54. The van der Waals surface area contributed by atoms with Crippen LogP contribution in [0.2, 0.25) is 0 Å². The summed E-state index contributed by atoms with van der Waals surface area (Å²) >= 11 is 0. The first kappa shape index (κ1) is 18.1. The predicted octanol–water partition coefficient (Wildman–Crippen LogP) is 3.43. The number of hydrogen-bond acceptors (Lipinski definition) is 6. The highest BCUT2D eigenvalue weighted by Crippen LogP contribution is 2.26. The molecule has 0 radical (unpaired) electrons. The molecule has 3 aromatic rings. The Bertz CT molecular complexity index is 1030. The summed E-state index contributed by atoms with van der Waals surface area (Å²) in [7, 11) is -1.99. The topological polar surface area (TPSA) is 81.2 Å². The van der Waals surface area contributed by atoms with E-state index in [0.717, 1.165) is 11.3 Å². The number of anilines is 1. The van der Waals surface area contributed by atoms with Gasteiger partial charge in [0.05, 0.1) is 23.4 Å². The van der Waals surface area contributed by atoms with Gasteiger partial charge in [0.25, 0.3) is 0 Å². The maximum absolute atomic E-state index is 12.8. The fourth-order valence-electron chi connectivity index (χ4n) is 2.55. The van der Waals surface area contributed by atoms with Crippen LogP contribution in [0.25, 0.3) is 11.0 Å². The molecule has 1 heterocycles. The van der Waals surface area contributed by atoms with Crippen molar-refractivity contribution in [2.24, 2.45) is 0 Å². The fourth-order valence-corrected chi connectivity index (χ4v) is 3.61. The number of nitrogens with one attached hydrogen (secondary N) is 1. The molecule has 2 aromatic carbocycles. The van der Waals surface area contributed by atoms with Crippen LogP contribution in [0.3, 0.4) is 0 Å². The summed E-state index contributed by atoms with van der Waals surface area (Å²) in [4.78, 5) is 8.88. The van der Waals surface area contributed by atoms with Gasteiger partial charge in [0.2, 0.25) is 9.84 Å². The van der Waals surface area contributed by atoms with Gasteiger partial charge < -0.3 is 10.1 Å². The number of benzene rings is 2. The summed E-state index contributed by atoms with van der Waals surface area (Å²) in [6, 6.07) is 14.8. The summed E-state index contributed by atoms with van der Waals surface area (Å²) < 4.78 is 30.9. The maximum Gasteiger partial charge on any atom is 0.201 e. The number of methoxy groups -OCH3 is 1. The molecular formula is C19H21N3O3S. The maximum atomic E-state index is 12.8.